The number of fused-ring (bicyclic) bond motifs is 1. The molecule has 5 nitrogen and oxygen atoms in total. The molecule has 0 radical (unpaired) electrons. The molecule has 0 aliphatic heterocycles. The van der Waals surface area contributed by atoms with Crippen molar-refractivity contribution < 1.29 is 14.3 Å². The number of aromatic amines is 1. The lowest BCUT2D eigenvalue weighted by Gasteiger charge is -2.01. The molecule has 3 aromatic rings. The van der Waals surface area contributed by atoms with Crippen molar-refractivity contribution in [1.29, 1.82) is 0 Å². The standard InChI is InChI=1S/C13H7ClFN3O2/c14-7-2-1-3-8(15)9(7)11-17-10-6(13(19)20)4-5-16-12(10)18-11/h1-5H,(H,19,20)(H,16,17,18). The van der Waals surface area contributed by atoms with Gasteiger partial charge in [0.2, 0.25) is 0 Å². The van der Waals surface area contributed by atoms with E-state index in [4.69, 9.17) is 16.7 Å². The lowest BCUT2D eigenvalue weighted by atomic mass is 10.2. The number of hydrogen-bond donors (Lipinski definition) is 2. The third-order valence-corrected chi connectivity index (χ3v) is 3.14. The molecule has 0 unspecified atom stereocenters. The van der Waals surface area contributed by atoms with Crippen LogP contribution in [0.25, 0.3) is 22.6 Å². The number of aromatic nitrogens is 3. The number of nitrogens with one attached hydrogen (secondary N) is 1. The van der Waals surface area contributed by atoms with Gasteiger partial charge in [-0.05, 0) is 18.2 Å². The number of carbonyl (C=O) groups is 1. The van der Waals surface area contributed by atoms with Crippen molar-refractivity contribution in [3.05, 3.63) is 46.9 Å². The van der Waals surface area contributed by atoms with Crippen molar-refractivity contribution in [2.45, 2.75) is 0 Å². The number of benzene rings is 1. The number of carboxylic acids is 1. The number of nitrogens with zero attached hydrogens (tertiary/aromatic N) is 2. The Bertz CT molecular complexity index is 811. The summed E-state index contributed by atoms with van der Waals surface area (Å²) in [5.41, 5.74) is 0.526. The highest BCUT2D eigenvalue weighted by atomic mass is 35.5. The van der Waals surface area contributed by atoms with E-state index in [9.17, 15) is 9.18 Å². The topological polar surface area (TPSA) is 78.9 Å². The third-order valence-electron chi connectivity index (χ3n) is 2.82. The minimum Gasteiger partial charge on any atom is -0.478 e. The predicted octanol–water partition coefficient (Wildman–Crippen LogP) is 3.12. The predicted molar refractivity (Wildman–Crippen MR) is 71.3 cm³/mol. The van der Waals surface area contributed by atoms with E-state index in [1.807, 2.05) is 0 Å². The Kier molecular flexibility index (Phi) is 2.87. The zero-order valence-corrected chi connectivity index (χ0v) is 10.6. The number of hydrogen-bond acceptors (Lipinski definition) is 3. The summed E-state index contributed by atoms with van der Waals surface area (Å²) in [4.78, 5) is 21.9. The van der Waals surface area contributed by atoms with Crippen LogP contribution in [0.5, 0.6) is 0 Å². The van der Waals surface area contributed by atoms with Gasteiger partial charge < -0.3 is 10.1 Å². The largest absolute Gasteiger partial charge is 0.478 e. The number of imidazole rings is 1. The Morgan fingerprint density at radius 3 is 2.85 bits per heavy atom. The Balaban J connectivity index is 2.29. The minimum absolute atomic E-state index is 0.0150. The van der Waals surface area contributed by atoms with Gasteiger partial charge in [-0.2, -0.15) is 0 Å². The average Bonchev–Trinajstić information content (AvgIpc) is 2.81. The molecule has 2 heterocycles. The van der Waals surface area contributed by atoms with Crippen LogP contribution in [0.2, 0.25) is 5.02 Å². The quantitative estimate of drug-likeness (QED) is 0.760. The van der Waals surface area contributed by atoms with Crippen LogP contribution in [0.3, 0.4) is 0 Å². The van der Waals surface area contributed by atoms with Crippen LogP contribution < -0.4 is 0 Å². The van der Waals surface area contributed by atoms with Crippen molar-refractivity contribution in [1.82, 2.24) is 15.0 Å². The van der Waals surface area contributed by atoms with Gasteiger partial charge in [0.15, 0.2) is 5.65 Å². The number of halogens is 2. The number of rotatable bonds is 2. The fourth-order valence-electron chi connectivity index (χ4n) is 1.93. The van der Waals surface area contributed by atoms with Crippen molar-refractivity contribution in [3.63, 3.8) is 0 Å². The first-order valence-corrected chi connectivity index (χ1v) is 5.98. The maximum atomic E-state index is 13.8. The molecule has 20 heavy (non-hydrogen) atoms. The number of aromatic carboxylic acids is 1. The van der Waals surface area contributed by atoms with Crippen molar-refractivity contribution in [2.75, 3.05) is 0 Å². The van der Waals surface area contributed by atoms with Crippen LogP contribution in [0.15, 0.2) is 30.5 Å². The molecule has 0 atom stereocenters. The second-order valence-corrected chi connectivity index (χ2v) is 4.45. The van der Waals surface area contributed by atoms with Crippen molar-refractivity contribution in [2.24, 2.45) is 0 Å². The molecule has 7 heteroatoms. The SMILES string of the molecule is O=C(O)c1ccnc2nc(-c3c(F)cccc3Cl)[nH]c12. The summed E-state index contributed by atoms with van der Waals surface area (Å²) in [7, 11) is 0. The summed E-state index contributed by atoms with van der Waals surface area (Å²) in [6.45, 7) is 0. The van der Waals surface area contributed by atoms with Gasteiger partial charge in [0.1, 0.15) is 11.6 Å². The Morgan fingerprint density at radius 2 is 2.15 bits per heavy atom. The molecule has 0 fully saturated rings. The van der Waals surface area contributed by atoms with Gasteiger partial charge >= 0.3 is 5.97 Å². The zero-order valence-electron chi connectivity index (χ0n) is 9.89. The van der Waals surface area contributed by atoms with Gasteiger partial charge in [-0.1, -0.05) is 17.7 Å². The highest BCUT2D eigenvalue weighted by Crippen LogP contribution is 2.30. The zero-order chi connectivity index (χ0) is 14.3. The summed E-state index contributed by atoms with van der Waals surface area (Å²) in [6, 6.07) is 5.60. The third kappa shape index (κ3) is 1.90. The van der Waals surface area contributed by atoms with Gasteiger partial charge in [-0.25, -0.2) is 19.2 Å². The van der Waals surface area contributed by atoms with E-state index in [-0.39, 0.29) is 33.1 Å². The van der Waals surface area contributed by atoms with Crippen molar-refractivity contribution >= 4 is 28.7 Å². The van der Waals surface area contributed by atoms with Gasteiger partial charge in [-0.15, -0.1) is 0 Å². The van der Waals surface area contributed by atoms with Gasteiger partial charge in [0, 0.05) is 6.20 Å². The molecule has 0 saturated heterocycles. The first-order chi connectivity index (χ1) is 9.58. The number of carboxylic acid groups (broad SMARTS) is 1. The number of pyridine rings is 1. The maximum absolute atomic E-state index is 13.8. The molecule has 100 valence electrons. The molecule has 2 aromatic heterocycles. The van der Waals surface area contributed by atoms with E-state index in [0.717, 1.165) is 0 Å². The molecule has 2 N–H and O–H groups in total. The Labute approximate surface area is 117 Å². The van der Waals surface area contributed by atoms with E-state index in [2.05, 4.69) is 15.0 Å². The fourth-order valence-corrected chi connectivity index (χ4v) is 2.18. The first kappa shape index (κ1) is 12.6. The summed E-state index contributed by atoms with van der Waals surface area (Å²) in [6.07, 6.45) is 1.33. The van der Waals surface area contributed by atoms with Crippen LogP contribution in [0.4, 0.5) is 4.39 Å². The fraction of sp³-hybridized carbons (Fsp3) is 0. The van der Waals surface area contributed by atoms with Crippen LogP contribution in [-0.4, -0.2) is 26.0 Å². The maximum Gasteiger partial charge on any atom is 0.338 e. The van der Waals surface area contributed by atoms with E-state index < -0.39 is 11.8 Å². The van der Waals surface area contributed by atoms with Crippen LogP contribution >= 0.6 is 11.6 Å². The first-order valence-electron chi connectivity index (χ1n) is 5.60. The van der Waals surface area contributed by atoms with E-state index in [1.165, 1.54) is 30.5 Å². The molecule has 0 amide bonds. The molecule has 3 rings (SSSR count). The van der Waals surface area contributed by atoms with Crippen LogP contribution in [0, 0.1) is 5.82 Å². The van der Waals surface area contributed by atoms with Gasteiger partial charge in [0.05, 0.1) is 21.7 Å². The smallest absolute Gasteiger partial charge is 0.338 e. The minimum atomic E-state index is -1.12. The normalized spacial score (nSPS) is 10.9. The summed E-state index contributed by atoms with van der Waals surface area (Å²) < 4.78 is 13.8. The molecule has 0 aliphatic carbocycles. The number of H-pyrrole nitrogens is 1. The van der Waals surface area contributed by atoms with Crippen LogP contribution in [-0.2, 0) is 0 Å². The van der Waals surface area contributed by atoms with E-state index in [1.54, 1.807) is 0 Å². The van der Waals surface area contributed by atoms with E-state index in [0.29, 0.717) is 0 Å². The van der Waals surface area contributed by atoms with Crippen molar-refractivity contribution in [3.8, 4) is 11.4 Å². The second-order valence-electron chi connectivity index (χ2n) is 4.04. The molecule has 0 saturated carbocycles. The lowest BCUT2D eigenvalue weighted by Crippen LogP contribution is -1.97. The highest BCUT2D eigenvalue weighted by Gasteiger charge is 2.17. The summed E-state index contributed by atoms with van der Waals surface area (Å²) in [5.74, 6) is -1.52. The molecular weight excluding hydrogens is 285 g/mol. The lowest BCUT2D eigenvalue weighted by molar-refractivity contribution is 0.0698. The summed E-state index contributed by atoms with van der Waals surface area (Å²) >= 11 is 5.96. The highest BCUT2D eigenvalue weighted by molar-refractivity contribution is 6.33. The molecule has 1 aromatic carbocycles. The van der Waals surface area contributed by atoms with Crippen LogP contribution in [0.1, 0.15) is 10.4 Å². The Morgan fingerprint density at radius 1 is 1.35 bits per heavy atom. The molecule has 0 spiro atoms. The molecule has 0 bridgehead atoms. The summed E-state index contributed by atoms with van der Waals surface area (Å²) in [5, 5.41) is 9.28. The average molecular weight is 292 g/mol. The monoisotopic (exact) mass is 291 g/mol. The van der Waals surface area contributed by atoms with Gasteiger partial charge in [0.25, 0.3) is 0 Å². The Hall–Kier alpha value is -2.47. The second kappa shape index (κ2) is 4.57. The van der Waals surface area contributed by atoms with Gasteiger partial charge in [-0.3, -0.25) is 0 Å². The molecular formula is C13H7ClFN3O2. The van der Waals surface area contributed by atoms with E-state index >= 15 is 0 Å². The molecule has 0 aliphatic rings.